The molecule has 2 heteroatoms. The molecular formula is C14H30FN. The molecule has 0 radical (unpaired) electrons. The van der Waals surface area contributed by atoms with Gasteiger partial charge in [0.2, 0.25) is 0 Å². The monoisotopic (exact) mass is 231 g/mol. The summed E-state index contributed by atoms with van der Waals surface area (Å²) in [6.45, 7) is 12.5. The second kappa shape index (κ2) is 6.00. The van der Waals surface area contributed by atoms with Gasteiger partial charge in [0.15, 0.2) is 0 Å². The van der Waals surface area contributed by atoms with E-state index in [1.165, 1.54) is 0 Å². The lowest BCUT2D eigenvalue weighted by Crippen LogP contribution is -2.43. The summed E-state index contributed by atoms with van der Waals surface area (Å²) in [6.07, 6.45) is 2.91. The van der Waals surface area contributed by atoms with E-state index in [-0.39, 0.29) is 23.5 Å². The summed E-state index contributed by atoms with van der Waals surface area (Å²) >= 11 is 0. The fourth-order valence-electron chi connectivity index (χ4n) is 2.87. The zero-order valence-corrected chi connectivity index (χ0v) is 11.9. The van der Waals surface area contributed by atoms with Crippen LogP contribution in [0.15, 0.2) is 0 Å². The van der Waals surface area contributed by atoms with Crippen LogP contribution < -0.4 is 5.73 Å². The van der Waals surface area contributed by atoms with Crippen LogP contribution in [0.3, 0.4) is 0 Å². The highest BCUT2D eigenvalue weighted by atomic mass is 19.1. The Hall–Kier alpha value is -0.110. The predicted octanol–water partition coefficient (Wildman–Crippen LogP) is 4.16. The normalized spacial score (nSPS) is 20.2. The van der Waals surface area contributed by atoms with Gasteiger partial charge in [0, 0.05) is 5.54 Å². The van der Waals surface area contributed by atoms with Crippen LogP contribution in [0, 0.1) is 17.3 Å². The second-order valence-electron chi connectivity index (χ2n) is 6.32. The smallest absolute Gasteiger partial charge is 0.0930 e. The number of alkyl halides is 1. The summed E-state index contributed by atoms with van der Waals surface area (Å²) < 4.78 is 13.3. The highest BCUT2D eigenvalue weighted by Gasteiger charge is 2.38. The van der Waals surface area contributed by atoms with Gasteiger partial charge in [-0.25, -0.2) is 0 Å². The summed E-state index contributed by atoms with van der Waals surface area (Å²) in [7, 11) is 0. The van der Waals surface area contributed by atoms with Crippen molar-refractivity contribution in [1.82, 2.24) is 0 Å². The van der Waals surface area contributed by atoms with Gasteiger partial charge in [-0.05, 0) is 37.5 Å². The maximum Gasteiger partial charge on any atom is 0.0930 e. The Bertz CT molecular complexity index is 197. The summed E-state index contributed by atoms with van der Waals surface area (Å²) in [6, 6.07) is 0. The van der Waals surface area contributed by atoms with E-state index in [9.17, 15) is 4.39 Å². The molecule has 0 aromatic rings. The van der Waals surface area contributed by atoms with Crippen molar-refractivity contribution >= 4 is 0 Å². The summed E-state index contributed by atoms with van der Waals surface area (Å²) in [5.74, 6) is 0.558. The molecule has 0 heterocycles. The van der Waals surface area contributed by atoms with Crippen molar-refractivity contribution in [2.75, 3.05) is 6.67 Å². The van der Waals surface area contributed by atoms with E-state index >= 15 is 0 Å². The molecule has 16 heavy (non-hydrogen) atoms. The molecule has 0 aliphatic carbocycles. The van der Waals surface area contributed by atoms with Gasteiger partial charge in [0.05, 0.1) is 6.67 Å². The lowest BCUT2D eigenvalue weighted by atomic mass is 9.64. The molecule has 0 fully saturated rings. The van der Waals surface area contributed by atoms with E-state index in [1.807, 2.05) is 13.8 Å². The van der Waals surface area contributed by atoms with Crippen LogP contribution in [-0.2, 0) is 0 Å². The van der Waals surface area contributed by atoms with Crippen molar-refractivity contribution in [1.29, 1.82) is 0 Å². The van der Waals surface area contributed by atoms with Crippen LogP contribution in [0.4, 0.5) is 4.39 Å². The van der Waals surface area contributed by atoms with Crippen LogP contribution in [0.2, 0.25) is 0 Å². The average Bonchev–Trinajstić information content (AvgIpc) is 2.15. The lowest BCUT2D eigenvalue weighted by molar-refractivity contribution is 0.0614. The second-order valence-corrected chi connectivity index (χ2v) is 6.32. The van der Waals surface area contributed by atoms with Crippen molar-refractivity contribution < 1.29 is 4.39 Å². The van der Waals surface area contributed by atoms with Gasteiger partial charge in [-0.2, -0.15) is 0 Å². The number of rotatable bonds is 7. The maximum absolute atomic E-state index is 13.3. The molecule has 0 rings (SSSR count). The predicted molar refractivity (Wildman–Crippen MR) is 70.2 cm³/mol. The molecule has 0 spiro atoms. The van der Waals surface area contributed by atoms with Gasteiger partial charge < -0.3 is 5.73 Å². The summed E-state index contributed by atoms with van der Waals surface area (Å²) in [4.78, 5) is 0. The largest absolute Gasteiger partial charge is 0.326 e. The molecule has 0 saturated carbocycles. The van der Waals surface area contributed by atoms with Crippen LogP contribution in [-0.4, -0.2) is 12.2 Å². The fourth-order valence-corrected chi connectivity index (χ4v) is 2.87. The van der Waals surface area contributed by atoms with Gasteiger partial charge in [-0.1, -0.05) is 40.5 Å². The molecule has 3 atom stereocenters. The highest BCUT2D eigenvalue weighted by Crippen LogP contribution is 2.43. The molecule has 1 nitrogen and oxygen atoms in total. The van der Waals surface area contributed by atoms with Crippen LogP contribution in [0.5, 0.6) is 0 Å². The number of hydrogen-bond acceptors (Lipinski definition) is 1. The van der Waals surface area contributed by atoms with Gasteiger partial charge in [-0.15, -0.1) is 0 Å². The third-order valence-corrected chi connectivity index (χ3v) is 4.06. The van der Waals surface area contributed by atoms with Crippen molar-refractivity contribution in [3.63, 3.8) is 0 Å². The molecule has 3 unspecified atom stereocenters. The van der Waals surface area contributed by atoms with Crippen molar-refractivity contribution in [2.24, 2.45) is 23.0 Å². The minimum Gasteiger partial charge on any atom is -0.326 e. The van der Waals surface area contributed by atoms with E-state index < -0.39 is 0 Å². The average molecular weight is 231 g/mol. The van der Waals surface area contributed by atoms with Crippen molar-refractivity contribution in [3.8, 4) is 0 Å². The first kappa shape index (κ1) is 15.9. The third kappa shape index (κ3) is 4.40. The zero-order chi connectivity index (χ0) is 13.0. The van der Waals surface area contributed by atoms with E-state index in [0.29, 0.717) is 5.92 Å². The van der Waals surface area contributed by atoms with Crippen LogP contribution in [0.1, 0.15) is 60.8 Å². The molecule has 0 aliphatic rings. The number of halogens is 1. The van der Waals surface area contributed by atoms with Gasteiger partial charge in [-0.3, -0.25) is 4.39 Å². The van der Waals surface area contributed by atoms with E-state index in [4.69, 9.17) is 5.73 Å². The molecule has 0 saturated heterocycles. The van der Waals surface area contributed by atoms with Gasteiger partial charge >= 0.3 is 0 Å². The first-order valence-corrected chi connectivity index (χ1v) is 6.55. The Kier molecular flexibility index (Phi) is 5.95. The van der Waals surface area contributed by atoms with Crippen molar-refractivity contribution in [3.05, 3.63) is 0 Å². The zero-order valence-electron chi connectivity index (χ0n) is 11.9. The molecule has 0 aromatic carbocycles. The standard InChI is InChI=1S/C14H30FN/c1-7-11(3)12(9-15)14(6,8-2)10-13(4,5)16/h11-12H,7-10,16H2,1-6H3. The first-order valence-electron chi connectivity index (χ1n) is 6.55. The number of hydrogen-bond donors (Lipinski definition) is 1. The first-order chi connectivity index (χ1) is 7.20. The maximum atomic E-state index is 13.3. The molecule has 0 amide bonds. The summed E-state index contributed by atoms with van der Waals surface area (Å²) in [5, 5.41) is 0. The minimum atomic E-state index is -0.227. The van der Waals surface area contributed by atoms with Crippen LogP contribution in [0.25, 0.3) is 0 Å². The Morgan fingerprint density at radius 3 is 1.94 bits per heavy atom. The van der Waals surface area contributed by atoms with E-state index in [2.05, 4.69) is 27.7 Å². The third-order valence-electron chi connectivity index (χ3n) is 4.06. The number of nitrogens with two attached hydrogens (primary N) is 1. The fraction of sp³-hybridized carbons (Fsp3) is 1.00. The Morgan fingerprint density at radius 1 is 1.19 bits per heavy atom. The minimum absolute atomic E-state index is 0.0163. The molecule has 2 N–H and O–H groups in total. The summed E-state index contributed by atoms with van der Waals surface area (Å²) in [5.41, 5.74) is 5.91. The Morgan fingerprint density at radius 2 is 1.69 bits per heavy atom. The molecular weight excluding hydrogens is 201 g/mol. The van der Waals surface area contributed by atoms with Gasteiger partial charge in [0.25, 0.3) is 0 Å². The van der Waals surface area contributed by atoms with Gasteiger partial charge in [0.1, 0.15) is 0 Å². The Balaban J connectivity index is 4.89. The topological polar surface area (TPSA) is 26.0 Å². The van der Waals surface area contributed by atoms with E-state index in [1.54, 1.807) is 0 Å². The molecule has 0 bridgehead atoms. The molecule has 0 aromatic heterocycles. The lowest BCUT2D eigenvalue weighted by Gasteiger charge is -2.42. The SMILES string of the molecule is CCC(C)C(CF)C(C)(CC)CC(C)(C)N. The quantitative estimate of drug-likeness (QED) is 0.699. The molecule has 98 valence electrons. The van der Waals surface area contributed by atoms with Crippen molar-refractivity contribution in [2.45, 2.75) is 66.3 Å². The van der Waals surface area contributed by atoms with E-state index in [0.717, 1.165) is 19.3 Å². The highest BCUT2D eigenvalue weighted by molar-refractivity contribution is 4.90. The Labute approximate surface area is 101 Å². The molecule has 0 aliphatic heterocycles. The van der Waals surface area contributed by atoms with Crippen LogP contribution >= 0.6 is 0 Å².